The van der Waals surface area contributed by atoms with Crippen molar-refractivity contribution in [2.45, 2.75) is 38.5 Å². The van der Waals surface area contributed by atoms with E-state index in [-0.39, 0.29) is 10.8 Å². The van der Waals surface area contributed by atoms with Crippen LogP contribution < -0.4 is 0 Å². The Morgan fingerprint density at radius 2 is 0.686 bits per heavy atom. The van der Waals surface area contributed by atoms with E-state index < -0.39 is 0 Å². The van der Waals surface area contributed by atoms with Gasteiger partial charge in [0.25, 0.3) is 0 Å². The smallest absolute Gasteiger partial charge is 0.235 e. The highest BCUT2D eigenvalue weighted by atomic mass is 15.2. The molecular formula is C82H58N4. The van der Waals surface area contributed by atoms with Crippen molar-refractivity contribution in [1.82, 2.24) is 19.1 Å². The Hall–Kier alpha value is -10.7. The summed E-state index contributed by atoms with van der Waals surface area (Å²) >= 11 is 0. The maximum Gasteiger partial charge on any atom is 0.235 e. The van der Waals surface area contributed by atoms with Crippen LogP contribution >= 0.6 is 0 Å². The van der Waals surface area contributed by atoms with Crippen LogP contribution in [0.4, 0.5) is 0 Å². The average molecular weight is 1100 g/mol. The third-order valence-electron chi connectivity index (χ3n) is 19.0. The van der Waals surface area contributed by atoms with Gasteiger partial charge in [-0.1, -0.05) is 240 Å². The highest BCUT2D eigenvalue weighted by molar-refractivity contribution is 6.12. The zero-order valence-corrected chi connectivity index (χ0v) is 48.3. The molecule has 0 fully saturated rings. The first-order valence-electron chi connectivity index (χ1n) is 30.0. The van der Waals surface area contributed by atoms with E-state index in [2.05, 4.69) is 316 Å². The molecule has 0 amide bonds. The molecule has 0 saturated heterocycles. The van der Waals surface area contributed by atoms with Gasteiger partial charge in [0, 0.05) is 49.2 Å². The van der Waals surface area contributed by atoms with Crippen LogP contribution in [0.2, 0.25) is 0 Å². The molecular weight excluding hydrogens is 1040 g/mol. The van der Waals surface area contributed by atoms with Gasteiger partial charge in [0.2, 0.25) is 5.95 Å². The maximum absolute atomic E-state index is 5.72. The van der Waals surface area contributed by atoms with Crippen LogP contribution in [-0.2, 0) is 10.8 Å². The topological polar surface area (TPSA) is 35.6 Å². The molecule has 2 aliphatic rings. The SMILES string of the molecule is CC1(C)c2ccccc2-c2ccc(-c3ccc4c(c3)c3ccccc3n4-c3cccc(-c4cc(-c5cccc(-c6ccccc6)c5-c5ccccc5)nc(-n5c6ccccc6c6cc(-c7ccc8c(c7)C(C)(C)c7ccccc7-8)ccc65)n4)c3)cc21. The molecule has 0 radical (unpaired) electrons. The molecule has 17 rings (SSSR count). The van der Waals surface area contributed by atoms with E-state index in [1.54, 1.807) is 0 Å². The number of aromatic nitrogens is 4. The van der Waals surface area contributed by atoms with Gasteiger partial charge in [-0.2, -0.15) is 0 Å². The Balaban J connectivity index is 0.843. The fourth-order valence-electron chi connectivity index (χ4n) is 14.7. The number of benzene rings is 12. The van der Waals surface area contributed by atoms with Crippen molar-refractivity contribution in [2.75, 3.05) is 0 Å². The standard InChI is InChI=1S/C82H58N4/c1-81(2)69-33-15-11-27-60(69)62-41-37-55(48-71(62)81)53-39-43-77-67(46-53)64-29-13-17-35-75(64)85(77)58-26-19-25-57(45-58)73-50-74(66-32-20-31-59(51-21-7-5-8-22-51)79(66)52-23-9-6-10-24-52)84-80(83-73)86-76-36-18-14-30-65(76)68-47-54(40-44-78(68)86)56-38-42-63-61-28-12-16-34-70(61)82(3,4)72(63)49-56/h5-50H,1-4H3. The summed E-state index contributed by atoms with van der Waals surface area (Å²) < 4.78 is 4.70. The number of para-hydroxylation sites is 2. The number of hydrogen-bond acceptors (Lipinski definition) is 2. The molecule has 3 aromatic heterocycles. The lowest BCUT2D eigenvalue weighted by atomic mass is 9.81. The van der Waals surface area contributed by atoms with E-state index in [1.807, 2.05) is 0 Å². The third-order valence-corrected chi connectivity index (χ3v) is 19.0. The summed E-state index contributed by atoms with van der Waals surface area (Å²) in [7, 11) is 0. The lowest BCUT2D eigenvalue weighted by Crippen LogP contribution is -2.14. The van der Waals surface area contributed by atoms with Gasteiger partial charge in [-0.15, -0.1) is 0 Å². The Bertz CT molecular complexity index is 5290. The molecule has 0 N–H and O–H groups in total. The Kier molecular flexibility index (Phi) is 11.0. The summed E-state index contributed by atoms with van der Waals surface area (Å²) in [5.41, 5.74) is 29.1. The minimum absolute atomic E-state index is 0.0855. The predicted octanol–water partition coefficient (Wildman–Crippen LogP) is 21.3. The Labute approximate surface area is 500 Å². The second-order valence-electron chi connectivity index (χ2n) is 24.5. The van der Waals surface area contributed by atoms with Crippen molar-refractivity contribution in [3.05, 3.63) is 301 Å². The molecule has 0 unspecified atom stereocenters. The molecule has 0 atom stereocenters. The number of rotatable bonds is 8. The van der Waals surface area contributed by atoms with E-state index in [4.69, 9.17) is 9.97 Å². The van der Waals surface area contributed by atoms with E-state index in [0.29, 0.717) is 5.95 Å². The van der Waals surface area contributed by atoms with Crippen LogP contribution in [0.15, 0.2) is 279 Å². The first kappa shape index (κ1) is 49.9. The van der Waals surface area contributed by atoms with Crippen molar-refractivity contribution < 1.29 is 0 Å². The molecule has 4 heteroatoms. The normalized spacial score (nSPS) is 13.5. The summed E-state index contributed by atoms with van der Waals surface area (Å²) in [4.78, 5) is 11.4. The van der Waals surface area contributed by atoms with Crippen LogP contribution in [0.5, 0.6) is 0 Å². The number of fused-ring (bicyclic) bond motifs is 12. The highest BCUT2D eigenvalue weighted by Crippen LogP contribution is 2.52. The Morgan fingerprint density at radius 1 is 0.256 bits per heavy atom. The van der Waals surface area contributed by atoms with Gasteiger partial charge in [0.15, 0.2) is 0 Å². The monoisotopic (exact) mass is 1100 g/mol. The van der Waals surface area contributed by atoms with Gasteiger partial charge in [0.1, 0.15) is 0 Å². The summed E-state index contributed by atoms with van der Waals surface area (Å²) in [6, 6.07) is 103. The minimum Gasteiger partial charge on any atom is -0.309 e. The van der Waals surface area contributed by atoms with E-state index in [1.165, 1.54) is 77.5 Å². The fourth-order valence-corrected chi connectivity index (χ4v) is 14.7. The van der Waals surface area contributed by atoms with Crippen molar-refractivity contribution in [3.63, 3.8) is 0 Å². The molecule has 3 heterocycles. The maximum atomic E-state index is 5.72. The molecule has 406 valence electrons. The second kappa shape index (κ2) is 18.9. The van der Waals surface area contributed by atoms with Gasteiger partial charge in [-0.25, -0.2) is 9.97 Å². The van der Waals surface area contributed by atoms with Gasteiger partial charge < -0.3 is 4.57 Å². The molecule has 86 heavy (non-hydrogen) atoms. The minimum atomic E-state index is -0.105. The second-order valence-corrected chi connectivity index (χ2v) is 24.5. The molecule has 2 aliphatic carbocycles. The third kappa shape index (κ3) is 7.55. The van der Waals surface area contributed by atoms with E-state index >= 15 is 0 Å². The zero-order chi connectivity index (χ0) is 57.4. The van der Waals surface area contributed by atoms with Crippen LogP contribution in [0, 0.1) is 0 Å². The first-order valence-corrected chi connectivity index (χ1v) is 30.0. The average Bonchev–Trinajstić information content (AvgIpc) is 2.02. The molecule has 4 nitrogen and oxygen atoms in total. The highest BCUT2D eigenvalue weighted by Gasteiger charge is 2.37. The van der Waals surface area contributed by atoms with Gasteiger partial charge in [-0.3, -0.25) is 4.57 Å². The van der Waals surface area contributed by atoms with Crippen molar-refractivity contribution in [2.24, 2.45) is 0 Å². The molecule has 12 aromatic carbocycles. The number of hydrogen-bond donors (Lipinski definition) is 0. The summed E-state index contributed by atoms with van der Waals surface area (Å²) in [5, 5.41) is 4.72. The van der Waals surface area contributed by atoms with Crippen LogP contribution in [0.3, 0.4) is 0 Å². The molecule has 0 saturated carbocycles. The van der Waals surface area contributed by atoms with Gasteiger partial charge in [-0.05, 0) is 156 Å². The van der Waals surface area contributed by atoms with Crippen LogP contribution in [0.1, 0.15) is 49.9 Å². The molecule has 0 spiro atoms. The van der Waals surface area contributed by atoms with Gasteiger partial charge in [0.05, 0.1) is 33.5 Å². The van der Waals surface area contributed by atoms with Gasteiger partial charge >= 0.3 is 0 Å². The molecule has 15 aromatic rings. The quantitative estimate of drug-likeness (QED) is 0.152. The first-order chi connectivity index (χ1) is 42.2. The van der Waals surface area contributed by atoms with Crippen molar-refractivity contribution >= 4 is 43.6 Å². The summed E-state index contributed by atoms with van der Waals surface area (Å²) in [5.74, 6) is 0.603. The predicted molar refractivity (Wildman–Crippen MR) is 358 cm³/mol. The fraction of sp³-hybridized carbons (Fsp3) is 0.0732. The van der Waals surface area contributed by atoms with E-state index in [9.17, 15) is 0 Å². The summed E-state index contributed by atoms with van der Waals surface area (Å²) in [6.45, 7) is 9.42. The largest absolute Gasteiger partial charge is 0.309 e. The van der Waals surface area contributed by atoms with E-state index in [0.717, 1.165) is 83.3 Å². The van der Waals surface area contributed by atoms with Crippen molar-refractivity contribution in [3.8, 4) is 101 Å². The zero-order valence-electron chi connectivity index (χ0n) is 48.3. The van der Waals surface area contributed by atoms with Crippen LogP contribution in [0.25, 0.3) is 145 Å². The Morgan fingerprint density at radius 3 is 1.30 bits per heavy atom. The molecule has 0 bridgehead atoms. The van der Waals surface area contributed by atoms with Crippen LogP contribution in [-0.4, -0.2) is 19.1 Å². The lowest BCUT2D eigenvalue weighted by molar-refractivity contribution is 0.660. The van der Waals surface area contributed by atoms with Crippen molar-refractivity contribution in [1.29, 1.82) is 0 Å². The number of nitrogens with zero attached hydrogens (tertiary/aromatic N) is 4. The summed E-state index contributed by atoms with van der Waals surface area (Å²) in [6.07, 6.45) is 0. The lowest BCUT2D eigenvalue weighted by Gasteiger charge is -2.22. The molecule has 0 aliphatic heterocycles.